The standard InChI is InChI=1S/C10H13ClN6O2S/c1-5-3-7(11)9(4-8(5)12)20(18,19)15-6(2)10-13-16-17-14-10/h3-4,6,15H,12H2,1-2H3,(H,13,14,16,17). The SMILES string of the molecule is Cc1cc(Cl)c(S(=O)(=O)NC(C)c2nn[nH]n2)cc1N. The second kappa shape index (κ2) is 5.35. The first-order chi connectivity index (χ1) is 9.31. The highest BCUT2D eigenvalue weighted by atomic mass is 35.5. The van der Waals surface area contributed by atoms with Gasteiger partial charge in [-0.3, -0.25) is 0 Å². The van der Waals surface area contributed by atoms with Crippen LogP contribution in [0.5, 0.6) is 0 Å². The first kappa shape index (κ1) is 14.7. The molecule has 0 aliphatic rings. The second-order valence-corrected chi connectivity index (χ2v) is 6.34. The number of aromatic nitrogens is 4. The second-order valence-electron chi connectivity index (χ2n) is 4.25. The Hall–Kier alpha value is -1.71. The third-order valence-electron chi connectivity index (χ3n) is 2.69. The van der Waals surface area contributed by atoms with Crippen molar-refractivity contribution in [3.63, 3.8) is 0 Å². The Morgan fingerprint density at radius 3 is 2.75 bits per heavy atom. The van der Waals surface area contributed by atoms with Crippen LogP contribution >= 0.6 is 11.6 Å². The number of hydrogen-bond donors (Lipinski definition) is 3. The van der Waals surface area contributed by atoms with Gasteiger partial charge in [0.05, 0.1) is 11.1 Å². The Balaban J connectivity index is 2.34. The van der Waals surface area contributed by atoms with Crippen LogP contribution in [0.2, 0.25) is 5.02 Å². The summed E-state index contributed by atoms with van der Waals surface area (Å²) in [4.78, 5) is -0.0855. The van der Waals surface area contributed by atoms with Crippen LogP contribution in [0.15, 0.2) is 17.0 Å². The molecule has 1 unspecified atom stereocenters. The van der Waals surface area contributed by atoms with Crippen LogP contribution < -0.4 is 10.5 Å². The number of rotatable bonds is 4. The minimum absolute atomic E-state index is 0.0855. The van der Waals surface area contributed by atoms with Gasteiger partial charge in [-0.1, -0.05) is 16.8 Å². The number of nitrogens with zero attached hydrogens (tertiary/aromatic N) is 3. The molecule has 10 heteroatoms. The lowest BCUT2D eigenvalue weighted by molar-refractivity contribution is 0.560. The molecule has 0 aliphatic carbocycles. The first-order valence-corrected chi connectivity index (χ1v) is 7.48. The minimum atomic E-state index is -3.84. The zero-order chi connectivity index (χ0) is 14.9. The van der Waals surface area contributed by atoms with E-state index in [0.717, 1.165) is 0 Å². The van der Waals surface area contributed by atoms with Crippen molar-refractivity contribution in [2.45, 2.75) is 24.8 Å². The van der Waals surface area contributed by atoms with Crippen molar-refractivity contribution < 1.29 is 8.42 Å². The lowest BCUT2D eigenvalue weighted by Gasteiger charge is -2.13. The molecule has 20 heavy (non-hydrogen) atoms. The molecule has 0 aliphatic heterocycles. The molecule has 0 bridgehead atoms. The number of benzene rings is 1. The van der Waals surface area contributed by atoms with Gasteiger partial charge in [-0.15, -0.1) is 10.2 Å². The largest absolute Gasteiger partial charge is 0.398 e. The highest BCUT2D eigenvalue weighted by Gasteiger charge is 2.23. The summed E-state index contributed by atoms with van der Waals surface area (Å²) < 4.78 is 27.0. The van der Waals surface area contributed by atoms with E-state index in [1.807, 2.05) is 0 Å². The average molecular weight is 317 g/mol. The zero-order valence-electron chi connectivity index (χ0n) is 10.8. The van der Waals surface area contributed by atoms with Gasteiger partial charge >= 0.3 is 0 Å². The van der Waals surface area contributed by atoms with Gasteiger partial charge in [-0.05, 0) is 31.5 Å². The van der Waals surface area contributed by atoms with Crippen molar-refractivity contribution in [3.05, 3.63) is 28.5 Å². The van der Waals surface area contributed by atoms with Crippen LogP contribution in [0.1, 0.15) is 24.4 Å². The number of nitrogens with two attached hydrogens (primary N) is 1. The van der Waals surface area contributed by atoms with E-state index < -0.39 is 16.1 Å². The van der Waals surface area contributed by atoms with E-state index in [4.69, 9.17) is 17.3 Å². The van der Waals surface area contributed by atoms with E-state index >= 15 is 0 Å². The van der Waals surface area contributed by atoms with Gasteiger partial charge < -0.3 is 5.73 Å². The molecule has 0 spiro atoms. The molecule has 0 amide bonds. The molecule has 1 atom stereocenters. The predicted molar refractivity (Wildman–Crippen MR) is 73.5 cm³/mol. The summed E-state index contributed by atoms with van der Waals surface area (Å²) in [6, 6.07) is 2.17. The fourth-order valence-electron chi connectivity index (χ4n) is 1.58. The highest BCUT2D eigenvalue weighted by Crippen LogP contribution is 2.27. The number of sulfonamides is 1. The molecular weight excluding hydrogens is 304 g/mol. The Morgan fingerprint density at radius 1 is 1.45 bits per heavy atom. The maximum Gasteiger partial charge on any atom is 0.242 e. The van der Waals surface area contributed by atoms with Gasteiger partial charge in [-0.2, -0.15) is 5.21 Å². The lowest BCUT2D eigenvalue weighted by atomic mass is 10.2. The molecular formula is C10H13ClN6O2S. The summed E-state index contributed by atoms with van der Waals surface area (Å²) in [6.45, 7) is 3.33. The molecule has 0 saturated heterocycles. The Bertz CT molecular complexity index is 716. The molecule has 0 saturated carbocycles. The molecule has 2 rings (SSSR count). The fourth-order valence-corrected chi connectivity index (χ4v) is 3.39. The Morgan fingerprint density at radius 2 is 2.15 bits per heavy atom. The highest BCUT2D eigenvalue weighted by molar-refractivity contribution is 7.89. The van der Waals surface area contributed by atoms with Crippen LogP contribution in [0, 0.1) is 6.92 Å². The number of aryl methyl sites for hydroxylation is 1. The van der Waals surface area contributed by atoms with E-state index in [1.165, 1.54) is 12.1 Å². The van der Waals surface area contributed by atoms with Crippen molar-refractivity contribution in [1.29, 1.82) is 0 Å². The van der Waals surface area contributed by atoms with Crippen LogP contribution in [-0.2, 0) is 10.0 Å². The number of anilines is 1. The lowest BCUT2D eigenvalue weighted by Crippen LogP contribution is -2.28. The van der Waals surface area contributed by atoms with Gasteiger partial charge in [0.2, 0.25) is 10.0 Å². The fraction of sp³-hybridized carbons (Fsp3) is 0.300. The number of nitrogens with one attached hydrogen (secondary N) is 2. The molecule has 1 aromatic carbocycles. The number of nitrogen functional groups attached to an aromatic ring is 1. The first-order valence-electron chi connectivity index (χ1n) is 5.62. The zero-order valence-corrected chi connectivity index (χ0v) is 12.3. The van der Waals surface area contributed by atoms with Gasteiger partial charge in [0.15, 0.2) is 5.82 Å². The van der Waals surface area contributed by atoms with Crippen LogP contribution in [0.3, 0.4) is 0 Å². The number of H-pyrrole nitrogens is 1. The summed E-state index contributed by atoms with van der Waals surface area (Å²) in [5, 5.41) is 13.2. The van der Waals surface area contributed by atoms with Gasteiger partial charge in [0, 0.05) is 5.69 Å². The van der Waals surface area contributed by atoms with Gasteiger partial charge in [-0.25, -0.2) is 13.1 Å². The number of aromatic amines is 1. The van der Waals surface area contributed by atoms with Crippen molar-refractivity contribution in [2.75, 3.05) is 5.73 Å². The maximum absolute atomic E-state index is 12.3. The molecule has 4 N–H and O–H groups in total. The normalized spacial score (nSPS) is 13.3. The molecule has 0 fully saturated rings. The summed E-state index contributed by atoms with van der Waals surface area (Å²) in [6.07, 6.45) is 0. The third-order valence-corrected chi connectivity index (χ3v) is 4.70. The number of halogens is 1. The predicted octanol–water partition coefficient (Wildman–Crippen LogP) is 0.783. The third kappa shape index (κ3) is 2.89. The quantitative estimate of drug-likeness (QED) is 0.715. The van der Waals surface area contributed by atoms with E-state index in [2.05, 4.69) is 25.3 Å². The van der Waals surface area contributed by atoms with Crippen LogP contribution in [0.25, 0.3) is 0 Å². The van der Waals surface area contributed by atoms with Crippen molar-refractivity contribution >= 4 is 27.3 Å². The minimum Gasteiger partial charge on any atom is -0.398 e. The smallest absolute Gasteiger partial charge is 0.242 e. The van der Waals surface area contributed by atoms with E-state index in [0.29, 0.717) is 11.3 Å². The molecule has 2 aromatic rings. The van der Waals surface area contributed by atoms with Crippen molar-refractivity contribution in [1.82, 2.24) is 25.3 Å². The topological polar surface area (TPSA) is 127 Å². The Labute approximate surface area is 120 Å². The van der Waals surface area contributed by atoms with Crippen LogP contribution in [-0.4, -0.2) is 29.0 Å². The molecule has 108 valence electrons. The molecule has 0 radical (unpaired) electrons. The monoisotopic (exact) mass is 316 g/mol. The molecule has 1 heterocycles. The summed E-state index contributed by atoms with van der Waals surface area (Å²) in [5.74, 6) is 0.227. The summed E-state index contributed by atoms with van der Waals surface area (Å²) in [7, 11) is -3.84. The molecule has 8 nitrogen and oxygen atoms in total. The van der Waals surface area contributed by atoms with Crippen molar-refractivity contribution in [2.24, 2.45) is 0 Å². The Kier molecular flexibility index (Phi) is 3.93. The maximum atomic E-state index is 12.3. The van der Waals surface area contributed by atoms with Crippen molar-refractivity contribution in [3.8, 4) is 0 Å². The van der Waals surface area contributed by atoms with Gasteiger partial charge in [0.25, 0.3) is 0 Å². The summed E-state index contributed by atoms with van der Waals surface area (Å²) in [5.41, 5.74) is 6.78. The number of hydrogen-bond acceptors (Lipinski definition) is 6. The average Bonchev–Trinajstić information content (AvgIpc) is 2.86. The van der Waals surface area contributed by atoms with E-state index in [1.54, 1.807) is 13.8 Å². The van der Waals surface area contributed by atoms with E-state index in [9.17, 15) is 8.42 Å². The number of tetrazole rings is 1. The van der Waals surface area contributed by atoms with E-state index in [-0.39, 0.29) is 15.7 Å². The van der Waals surface area contributed by atoms with Gasteiger partial charge in [0.1, 0.15) is 4.90 Å². The summed E-state index contributed by atoms with van der Waals surface area (Å²) >= 11 is 5.97. The molecule has 1 aromatic heterocycles. The van der Waals surface area contributed by atoms with Crippen LogP contribution in [0.4, 0.5) is 5.69 Å².